The van der Waals surface area contributed by atoms with Gasteiger partial charge in [0.2, 0.25) is 0 Å². The smallest absolute Gasteiger partial charge is 0.338 e. The van der Waals surface area contributed by atoms with E-state index in [1.54, 1.807) is 6.92 Å². The van der Waals surface area contributed by atoms with Gasteiger partial charge in [-0.3, -0.25) is 0 Å². The molecule has 0 saturated heterocycles. The molecule has 2 amide bonds. The molecule has 1 aliphatic heterocycles. The SMILES string of the molecule is CC1=C(C(=O)O[C@@H]2CCC[C@H]2C)[C@@H](c2ccccc2)NC(=O)N1. The van der Waals surface area contributed by atoms with Crippen molar-refractivity contribution in [1.29, 1.82) is 0 Å². The van der Waals surface area contributed by atoms with Crippen molar-refractivity contribution < 1.29 is 14.3 Å². The third-order valence-electron chi connectivity index (χ3n) is 4.66. The first-order chi connectivity index (χ1) is 11.1. The van der Waals surface area contributed by atoms with Crippen LogP contribution in [0.25, 0.3) is 0 Å². The second kappa shape index (κ2) is 6.44. The predicted molar refractivity (Wildman–Crippen MR) is 86.4 cm³/mol. The van der Waals surface area contributed by atoms with Gasteiger partial charge in [0.25, 0.3) is 0 Å². The molecule has 3 rings (SSSR count). The molecule has 0 bridgehead atoms. The molecule has 1 aliphatic carbocycles. The predicted octanol–water partition coefficient (Wildman–Crippen LogP) is 3.05. The molecule has 5 heteroatoms. The van der Waals surface area contributed by atoms with Crippen LogP contribution in [0.5, 0.6) is 0 Å². The highest BCUT2D eigenvalue weighted by atomic mass is 16.5. The molecule has 1 heterocycles. The minimum atomic E-state index is -0.478. The molecular formula is C18H22N2O3. The Hall–Kier alpha value is -2.30. The first-order valence-electron chi connectivity index (χ1n) is 8.10. The number of carbonyl (C=O) groups is 2. The largest absolute Gasteiger partial charge is 0.459 e. The number of amides is 2. The van der Waals surface area contributed by atoms with Crippen LogP contribution in [0.2, 0.25) is 0 Å². The van der Waals surface area contributed by atoms with Gasteiger partial charge in [0.05, 0.1) is 11.6 Å². The van der Waals surface area contributed by atoms with Gasteiger partial charge < -0.3 is 15.4 Å². The van der Waals surface area contributed by atoms with Gasteiger partial charge in [0, 0.05) is 5.70 Å². The molecule has 0 spiro atoms. The lowest BCUT2D eigenvalue weighted by Gasteiger charge is -2.29. The van der Waals surface area contributed by atoms with E-state index in [9.17, 15) is 9.59 Å². The highest BCUT2D eigenvalue weighted by Crippen LogP contribution is 2.32. The van der Waals surface area contributed by atoms with Crippen molar-refractivity contribution in [3.63, 3.8) is 0 Å². The van der Waals surface area contributed by atoms with Crippen LogP contribution >= 0.6 is 0 Å². The third-order valence-corrected chi connectivity index (χ3v) is 4.66. The lowest BCUT2D eigenvalue weighted by Crippen LogP contribution is -2.45. The Labute approximate surface area is 136 Å². The third kappa shape index (κ3) is 3.23. The Bertz CT molecular complexity index is 639. The molecule has 0 radical (unpaired) electrons. The molecule has 2 aliphatic rings. The zero-order valence-corrected chi connectivity index (χ0v) is 13.5. The van der Waals surface area contributed by atoms with E-state index < -0.39 is 6.04 Å². The number of urea groups is 1. The van der Waals surface area contributed by atoms with Crippen molar-refractivity contribution in [2.75, 3.05) is 0 Å². The van der Waals surface area contributed by atoms with E-state index >= 15 is 0 Å². The van der Waals surface area contributed by atoms with E-state index in [1.807, 2.05) is 30.3 Å². The Kier molecular flexibility index (Phi) is 4.37. The van der Waals surface area contributed by atoms with Crippen LogP contribution < -0.4 is 10.6 Å². The fourth-order valence-electron chi connectivity index (χ4n) is 3.35. The van der Waals surface area contributed by atoms with Crippen LogP contribution in [-0.2, 0) is 9.53 Å². The minimum absolute atomic E-state index is 0.0307. The van der Waals surface area contributed by atoms with Gasteiger partial charge in [-0.1, -0.05) is 37.3 Å². The van der Waals surface area contributed by atoms with Gasteiger partial charge in [-0.25, -0.2) is 9.59 Å². The van der Waals surface area contributed by atoms with Crippen LogP contribution in [0, 0.1) is 5.92 Å². The molecule has 1 aromatic rings. The molecule has 0 unspecified atom stereocenters. The van der Waals surface area contributed by atoms with Gasteiger partial charge in [0.1, 0.15) is 6.10 Å². The molecular weight excluding hydrogens is 292 g/mol. The van der Waals surface area contributed by atoms with Crippen LogP contribution in [0.1, 0.15) is 44.7 Å². The number of ether oxygens (including phenoxy) is 1. The minimum Gasteiger partial charge on any atom is -0.459 e. The maximum absolute atomic E-state index is 12.7. The quantitative estimate of drug-likeness (QED) is 0.843. The van der Waals surface area contributed by atoms with E-state index in [0.29, 0.717) is 17.2 Å². The molecule has 2 N–H and O–H groups in total. The normalized spacial score (nSPS) is 27.4. The molecule has 0 aromatic heterocycles. The van der Waals surface area contributed by atoms with Gasteiger partial charge in [-0.05, 0) is 37.7 Å². The van der Waals surface area contributed by atoms with Crippen LogP contribution in [-0.4, -0.2) is 18.1 Å². The van der Waals surface area contributed by atoms with Crippen LogP contribution in [0.4, 0.5) is 4.79 Å². The van der Waals surface area contributed by atoms with Crippen molar-refractivity contribution in [1.82, 2.24) is 10.6 Å². The summed E-state index contributed by atoms with van der Waals surface area (Å²) < 4.78 is 5.73. The van der Waals surface area contributed by atoms with E-state index in [2.05, 4.69) is 17.6 Å². The summed E-state index contributed by atoms with van der Waals surface area (Å²) >= 11 is 0. The Morgan fingerprint density at radius 3 is 2.61 bits per heavy atom. The number of nitrogens with one attached hydrogen (secondary N) is 2. The number of allylic oxidation sites excluding steroid dienone is 1. The van der Waals surface area contributed by atoms with E-state index in [0.717, 1.165) is 24.8 Å². The monoisotopic (exact) mass is 314 g/mol. The highest BCUT2D eigenvalue weighted by Gasteiger charge is 2.35. The van der Waals surface area contributed by atoms with Crippen LogP contribution in [0.15, 0.2) is 41.6 Å². The summed E-state index contributed by atoms with van der Waals surface area (Å²) in [6.07, 6.45) is 3.06. The molecule has 1 fully saturated rings. The van der Waals surface area contributed by atoms with Crippen molar-refractivity contribution >= 4 is 12.0 Å². The number of benzene rings is 1. The van der Waals surface area contributed by atoms with Gasteiger partial charge in [-0.2, -0.15) is 0 Å². The zero-order chi connectivity index (χ0) is 16.4. The molecule has 5 nitrogen and oxygen atoms in total. The first kappa shape index (κ1) is 15.6. The van der Waals surface area contributed by atoms with Crippen molar-refractivity contribution in [3.05, 3.63) is 47.2 Å². The summed E-state index contributed by atoms with van der Waals surface area (Å²) in [6.45, 7) is 3.85. The fraction of sp³-hybridized carbons (Fsp3) is 0.444. The van der Waals surface area contributed by atoms with Crippen molar-refractivity contribution in [3.8, 4) is 0 Å². The molecule has 3 atom stereocenters. The summed E-state index contributed by atoms with van der Waals surface area (Å²) in [5, 5.41) is 5.50. The van der Waals surface area contributed by atoms with Crippen molar-refractivity contribution in [2.45, 2.75) is 45.3 Å². The Morgan fingerprint density at radius 1 is 1.22 bits per heavy atom. The number of rotatable bonds is 3. The number of hydrogen-bond donors (Lipinski definition) is 2. The van der Waals surface area contributed by atoms with Gasteiger partial charge >= 0.3 is 12.0 Å². The van der Waals surface area contributed by atoms with Gasteiger partial charge in [-0.15, -0.1) is 0 Å². The molecule has 1 aromatic carbocycles. The lowest BCUT2D eigenvalue weighted by molar-refractivity contribution is -0.146. The Morgan fingerprint density at radius 2 is 1.96 bits per heavy atom. The summed E-state index contributed by atoms with van der Waals surface area (Å²) in [5.41, 5.74) is 1.90. The lowest BCUT2D eigenvalue weighted by atomic mass is 9.95. The summed E-state index contributed by atoms with van der Waals surface area (Å²) in [6, 6.07) is 8.70. The summed E-state index contributed by atoms with van der Waals surface area (Å²) in [5.74, 6) is 0.0452. The number of carbonyl (C=O) groups excluding carboxylic acids is 2. The molecule has 1 saturated carbocycles. The van der Waals surface area contributed by atoms with Crippen LogP contribution in [0.3, 0.4) is 0 Å². The molecule has 23 heavy (non-hydrogen) atoms. The first-order valence-corrected chi connectivity index (χ1v) is 8.10. The molecule has 122 valence electrons. The zero-order valence-electron chi connectivity index (χ0n) is 13.5. The average molecular weight is 314 g/mol. The second-order valence-corrected chi connectivity index (χ2v) is 6.33. The van der Waals surface area contributed by atoms with Gasteiger partial charge in [0.15, 0.2) is 0 Å². The standard InChI is InChI=1S/C18H22N2O3/c1-11-7-6-10-14(11)23-17(21)15-12(2)19-18(22)20-16(15)13-8-4-3-5-9-13/h3-5,8-9,11,14,16H,6-7,10H2,1-2H3,(H2,19,20,22)/t11-,14-,16-/m1/s1. The maximum Gasteiger partial charge on any atom is 0.338 e. The fourth-order valence-corrected chi connectivity index (χ4v) is 3.35. The topological polar surface area (TPSA) is 67.4 Å². The van der Waals surface area contributed by atoms with E-state index in [4.69, 9.17) is 4.74 Å². The average Bonchev–Trinajstić information content (AvgIpc) is 2.92. The second-order valence-electron chi connectivity index (χ2n) is 6.33. The summed E-state index contributed by atoms with van der Waals surface area (Å²) in [7, 11) is 0. The summed E-state index contributed by atoms with van der Waals surface area (Å²) in [4.78, 5) is 24.5. The van der Waals surface area contributed by atoms with E-state index in [-0.39, 0.29) is 18.1 Å². The number of esters is 1. The maximum atomic E-state index is 12.7. The van der Waals surface area contributed by atoms with E-state index in [1.165, 1.54) is 0 Å². The van der Waals surface area contributed by atoms with Crippen molar-refractivity contribution in [2.24, 2.45) is 5.92 Å². The highest BCUT2D eigenvalue weighted by molar-refractivity contribution is 5.95. The Balaban J connectivity index is 1.87. The number of hydrogen-bond acceptors (Lipinski definition) is 3.